The van der Waals surface area contributed by atoms with Crippen LogP contribution in [0.5, 0.6) is 0 Å². The minimum atomic E-state index is 0.557. The number of rotatable bonds is 4. The number of H-pyrrole nitrogens is 2. The summed E-state index contributed by atoms with van der Waals surface area (Å²) in [6.45, 7) is 2.19. The number of nitrogens with zero attached hydrogens (tertiary/aromatic N) is 6. The molecule has 32 heavy (non-hydrogen) atoms. The molecule has 2 aliphatic rings. The zero-order chi connectivity index (χ0) is 21.1. The minimum absolute atomic E-state index is 0.557. The first-order valence-corrected chi connectivity index (χ1v) is 11.5. The highest BCUT2D eigenvalue weighted by Gasteiger charge is 2.25. The zero-order valence-corrected chi connectivity index (χ0v) is 17.8. The van der Waals surface area contributed by atoms with Gasteiger partial charge in [-0.3, -0.25) is 14.8 Å². The van der Waals surface area contributed by atoms with Crippen molar-refractivity contribution in [3.63, 3.8) is 0 Å². The Morgan fingerprint density at radius 3 is 2.78 bits per heavy atom. The number of hydrogen-bond donors (Lipinski definition) is 2. The van der Waals surface area contributed by atoms with Crippen LogP contribution in [0.25, 0.3) is 44.7 Å². The van der Waals surface area contributed by atoms with Crippen LogP contribution in [0.1, 0.15) is 38.1 Å². The number of anilines is 1. The van der Waals surface area contributed by atoms with Gasteiger partial charge in [-0.2, -0.15) is 10.2 Å². The number of nitrogens with one attached hydrogen (secondary N) is 2. The van der Waals surface area contributed by atoms with E-state index in [9.17, 15) is 0 Å². The molecule has 0 unspecified atom stereocenters. The van der Waals surface area contributed by atoms with Gasteiger partial charge < -0.3 is 9.88 Å². The first kappa shape index (κ1) is 17.9. The fourth-order valence-corrected chi connectivity index (χ4v) is 4.78. The van der Waals surface area contributed by atoms with Crippen LogP contribution in [0.3, 0.4) is 0 Å². The van der Waals surface area contributed by atoms with E-state index in [4.69, 9.17) is 4.98 Å². The highest BCUT2D eigenvalue weighted by molar-refractivity contribution is 5.96. The van der Waals surface area contributed by atoms with Crippen LogP contribution < -0.4 is 4.90 Å². The Bertz CT molecular complexity index is 1430. The maximum atomic E-state index is 5.00. The van der Waals surface area contributed by atoms with Gasteiger partial charge in [-0.25, -0.2) is 4.98 Å². The predicted octanol–water partition coefficient (Wildman–Crippen LogP) is 4.69. The molecule has 1 aromatic carbocycles. The van der Waals surface area contributed by atoms with Crippen molar-refractivity contribution in [2.24, 2.45) is 0 Å². The Balaban J connectivity index is 1.31. The van der Waals surface area contributed by atoms with Gasteiger partial charge in [0.1, 0.15) is 11.2 Å². The van der Waals surface area contributed by atoms with Crippen molar-refractivity contribution in [1.29, 1.82) is 0 Å². The molecular formula is C24H24N8. The number of aromatic amines is 2. The lowest BCUT2D eigenvalue weighted by molar-refractivity contribution is 0.579. The van der Waals surface area contributed by atoms with Crippen molar-refractivity contribution in [3.8, 4) is 22.8 Å². The second-order valence-electron chi connectivity index (χ2n) is 8.93. The summed E-state index contributed by atoms with van der Waals surface area (Å²) < 4.78 is 2.05. The smallest absolute Gasteiger partial charge is 0.159 e. The van der Waals surface area contributed by atoms with E-state index in [2.05, 4.69) is 65.3 Å². The Morgan fingerprint density at radius 2 is 1.91 bits per heavy atom. The molecule has 1 saturated carbocycles. The molecular weight excluding hydrogens is 400 g/mol. The minimum Gasteiger partial charge on any atom is -0.370 e. The third-order valence-electron chi connectivity index (χ3n) is 6.68. The maximum Gasteiger partial charge on any atom is 0.159 e. The fraction of sp³-hybridized carbons (Fsp3) is 0.333. The molecule has 4 aromatic heterocycles. The topological polar surface area (TPSA) is 91.3 Å². The molecule has 0 bridgehead atoms. The lowest BCUT2D eigenvalue weighted by atomic mass is 10.1. The average molecular weight is 425 g/mol. The Morgan fingerprint density at radius 1 is 1.00 bits per heavy atom. The van der Waals surface area contributed by atoms with Crippen LogP contribution in [0, 0.1) is 0 Å². The molecule has 7 rings (SSSR count). The van der Waals surface area contributed by atoms with Gasteiger partial charge in [-0.15, -0.1) is 0 Å². The van der Waals surface area contributed by atoms with Crippen LogP contribution >= 0.6 is 0 Å². The number of benzene rings is 1. The SMILES string of the molecule is c1cc(N2CCCCC2)c2nc(-c3n[nH]c4cnc(-c5cnn(C6CC6)c5)cc34)[nH]c2c1. The number of aromatic nitrogens is 7. The molecule has 0 amide bonds. The second kappa shape index (κ2) is 6.91. The third-order valence-corrected chi connectivity index (χ3v) is 6.68. The normalized spacial score (nSPS) is 16.9. The maximum absolute atomic E-state index is 5.00. The Kier molecular flexibility index (Phi) is 3.88. The third kappa shape index (κ3) is 2.90. The molecule has 1 saturated heterocycles. The molecule has 2 N–H and O–H groups in total. The summed E-state index contributed by atoms with van der Waals surface area (Å²) >= 11 is 0. The molecule has 0 spiro atoms. The van der Waals surface area contributed by atoms with E-state index in [-0.39, 0.29) is 0 Å². The van der Waals surface area contributed by atoms with Crippen LogP contribution in [0.2, 0.25) is 0 Å². The summed E-state index contributed by atoms with van der Waals surface area (Å²) in [7, 11) is 0. The zero-order valence-electron chi connectivity index (χ0n) is 17.8. The van der Waals surface area contributed by atoms with Gasteiger partial charge in [0.15, 0.2) is 5.82 Å². The summed E-state index contributed by atoms with van der Waals surface area (Å²) in [5.74, 6) is 0.779. The molecule has 5 aromatic rings. The van der Waals surface area contributed by atoms with Crippen LogP contribution in [-0.2, 0) is 0 Å². The fourth-order valence-electron chi connectivity index (χ4n) is 4.78. The first-order chi connectivity index (χ1) is 15.8. The molecule has 1 aliphatic carbocycles. The first-order valence-electron chi connectivity index (χ1n) is 11.5. The average Bonchev–Trinajstić information content (AvgIpc) is 3.24. The number of piperidine rings is 1. The number of pyridine rings is 1. The highest BCUT2D eigenvalue weighted by atomic mass is 15.3. The van der Waals surface area contributed by atoms with Crippen molar-refractivity contribution in [1.82, 2.24) is 34.9 Å². The monoisotopic (exact) mass is 424 g/mol. The summed E-state index contributed by atoms with van der Waals surface area (Å²) in [5, 5.41) is 13.2. The van der Waals surface area contributed by atoms with E-state index < -0.39 is 0 Å². The van der Waals surface area contributed by atoms with E-state index in [0.29, 0.717) is 6.04 Å². The van der Waals surface area contributed by atoms with Crippen molar-refractivity contribution in [2.75, 3.05) is 18.0 Å². The van der Waals surface area contributed by atoms with Gasteiger partial charge >= 0.3 is 0 Å². The van der Waals surface area contributed by atoms with Gasteiger partial charge in [0.05, 0.1) is 40.9 Å². The van der Waals surface area contributed by atoms with Gasteiger partial charge in [0.25, 0.3) is 0 Å². The molecule has 1 aliphatic heterocycles. The molecule has 5 heterocycles. The van der Waals surface area contributed by atoms with Crippen LogP contribution in [0.4, 0.5) is 5.69 Å². The van der Waals surface area contributed by atoms with Gasteiger partial charge in [-0.1, -0.05) is 6.07 Å². The number of hydrogen-bond acceptors (Lipinski definition) is 5. The van der Waals surface area contributed by atoms with Crippen LogP contribution in [0.15, 0.2) is 42.9 Å². The second-order valence-corrected chi connectivity index (χ2v) is 8.93. The summed E-state index contributed by atoms with van der Waals surface area (Å²) in [6, 6.07) is 9.02. The summed E-state index contributed by atoms with van der Waals surface area (Å²) in [5.41, 5.74) is 6.91. The molecule has 2 fully saturated rings. The lowest BCUT2D eigenvalue weighted by Crippen LogP contribution is -2.29. The van der Waals surface area contributed by atoms with Crippen molar-refractivity contribution in [2.45, 2.75) is 38.1 Å². The molecule has 8 nitrogen and oxygen atoms in total. The number of fused-ring (bicyclic) bond motifs is 2. The predicted molar refractivity (Wildman–Crippen MR) is 125 cm³/mol. The highest BCUT2D eigenvalue weighted by Crippen LogP contribution is 2.36. The molecule has 0 atom stereocenters. The van der Waals surface area contributed by atoms with Crippen molar-refractivity contribution in [3.05, 3.63) is 42.9 Å². The Labute approximate surface area is 184 Å². The summed E-state index contributed by atoms with van der Waals surface area (Å²) in [4.78, 5) is 15.6. The van der Waals surface area contributed by atoms with Crippen LogP contribution in [-0.4, -0.2) is 48.0 Å². The van der Waals surface area contributed by atoms with E-state index in [1.54, 1.807) is 0 Å². The lowest BCUT2D eigenvalue weighted by Gasteiger charge is -2.28. The molecule has 160 valence electrons. The Hall–Kier alpha value is -3.68. The van der Waals surface area contributed by atoms with Gasteiger partial charge in [-0.05, 0) is 50.3 Å². The quantitative estimate of drug-likeness (QED) is 0.437. The van der Waals surface area contributed by atoms with Gasteiger partial charge in [0.2, 0.25) is 0 Å². The number of para-hydroxylation sites is 1. The van der Waals surface area contributed by atoms with E-state index in [1.807, 2.05) is 12.4 Å². The van der Waals surface area contributed by atoms with E-state index in [1.165, 1.54) is 37.8 Å². The molecule has 0 radical (unpaired) electrons. The summed E-state index contributed by atoms with van der Waals surface area (Å²) in [6.07, 6.45) is 12.1. The number of imidazole rings is 1. The molecule has 8 heteroatoms. The largest absolute Gasteiger partial charge is 0.370 e. The van der Waals surface area contributed by atoms with Crippen molar-refractivity contribution < 1.29 is 0 Å². The van der Waals surface area contributed by atoms with E-state index in [0.717, 1.165) is 57.8 Å². The van der Waals surface area contributed by atoms with Crippen molar-refractivity contribution >= 4 is 27.6 Å². The van der Waals surface area contributed by atoms with E-state index >= 15 is 0 Å². The van der Waals surface area contributed by atoms with Gasteiger partial charge in [0, 0.05) is 30.2 Å². The standard InChI is InChI=1S/C24H24N8/c1-2-9-31(10-3-1)21-6-4-5-18-23(21)28-24(27-18)22-17-11-19(25-13-20(17)29-30-22)15-12-26-32(14-15)16-7-8-16/h4-6,11-14,16H,1-3,7-10H2,(H,27,28)(H,29,30).